The Bertz CT molecular complexity index is 133. The molecule has 0 spiro atoms. The molecule has 1 nitrogen and oxygen atoms in total. The van der Waals surface area contributed by atoms with Crippen molar-refractivity contribution >= 4 is 0 Å². The Labute approximate surface area is 83.5 Å². The van der Waals surface area contributed by atoms with E-state index in [0.29, 0.717) is 0 Å². The van der Waals surface area contributed by atoms with Crippen LogP contribution in [0.3, 0.4) is 0 Å². The first-order chi connectivity index (χ1) is 6.27. The maximum absolute atomic E-state index is 2.68. The van der Waals surface area contributed by atoms with Gasteiger partial charge in [-0.3, -0.25) is 0 Å². The van der Waals surface area contributed by atoms with Gasteiger partial charge in [0.1, 0.15) is 0 Å². The Morgan fingerprint density at radius 3 is 2.62 bits per heavy atom. The maximum atomic E-state index is 2.68. The van der Waals surface area contributed by atoms with E-state index in [9.17, 15) is 0 Å². The Morgan fingerprint density at radius 2 is 2.15 bits per heavy atom. The summed E-state index contributed by atoms with van der Waals surface area (Å²) in [7, 11) is 0. The number of rotatable bonds is 6. The molecule has 1 aliphatic heterocycles. The highest BCUT2D eigenvalue weighted by molar-refractivity contribution is 4.82. The van der Waals surface area contributed by atoms with Crippen molar-refractivity contribution in [3.05, 3.63) is 0 Å². The topological polar surface area (TPSA) is 3.24 Å². The van der Waals surface area contributed by atoms with Crippen molar-refractivity contribution in [2.45, 2.75) is 58.9 Å². The minimum Gasteiger partial charge on any atom is -0.300 e. The molecule has 0 radical (unpaired) electrons. The van der Waals surface area contributed by atoms with Gasteiger partial charge in [0.05, 0.1) is 0 Å². The molecular formula is C12H25N. The highest BCUT2D eigenvalue weighted by atomic mass is 15.2. The predicted octanol–water partition coefficient (Wildman–Crippen LogP) is 3.30. The summed E-state index contributed by atoms with van der Waals surface area (Å²) in [6, 6.07) is 0.939. The molecule has 0 bridgehead atoms. The molecule has 1 fully saturated rings. The van der Waals surface area contributed by atoms with Crippen molar-refractivity contribution in [3.63, 3.8) is 0 Å². The van der Waals surface area contributed by atoms with Gasteiger partial charge < -0.3 is 4.90 Å². The van der Waals surface area contributed by atoms with Crippen LogP contribution in [0.4, 0.5) is 0 Å². The molecule has 0 aromatic heterocycles. The number of hydrogen-bond acceptors (Lipinski definition) is 1. The van der Waals surface area contributed by atoms with Crippen molar-refractivity contribution < 1.29 is 0 Å². The van der Waals surface area contributed by atoms with Crippen LogP contribution in [0.25, 0.3) is 0 Å². The zero-order chi connectivity index (χ0) is 9.68. The summed E-state index contributed by atoms with van der Waals surface area (Å²) in [5.41, 5.74) is 0. The Hall–Kier alpha value is -0.0400. The second-order valence-electron chi connectivity index (χ2n) is 4.57. The van der Waals surface area contributed by atoms with Crippen LogP contribution in [0.15, 0.2) is 0 Å². The first-order valence-electron chi connectivity index (χ1n) is 6.02. The van der Waals surface area contributed by atoms with Crippen molar-refractivity contribution in [2.24, 2.45) is 5.92 Å². The summed E-state index contributed by atoms with van der Waals surface area (Å²) in [5, 5.41) is 0. The average molecular weight is 183 g/mol. The fraction of sp³-hybridized carbons (Fsp3) is 1.00. The molecule has 0 N–H and O–H groups in total. The van der Waals surface area contributed by atoms with E-state index in [1.165, 1.54) is 45.2 Å². The van der Waals surface area contributed by atoms with Crippen molar-refractivity contribution in [1.29, 1.82) is 0 Å². The number of likely N-dealkylation sites (tertiary alicyclic amines) is 1. The van der Waals surface area contributed by atoms with E-state index in [1.807, 2.05) is 0 Å². The van der Waals surface area contributed by atoms with E-state index < -0.39 is 0 Å². The van der Waals surface area contributed by atoms with E-state index in [-0.39, 0.29) is 0 Å². The first kappa shape index (κ1) is 11.0. The fourth-order valence-electron chi connectivity index (χ4n) is 2.04. The van der Waals surface area contributed by atoms with Crippen LogP contribution < -0.4 is 0 Å². The zero-order valence-electron chi connectivity index (χ0n) is 9.55. The maximum Gasteiger partial charge on any atom is 0.0107 e. The van der Waals surface area contributed by atoms with Crippen LogP contribution in [-0.2, 0) is 0 Å². The van der Waals surface area contributed by atoms with Crippen LogP contribution in [0, 0.1) is 5.92 Å². The number of hydrogen-bond donors (Lipinski definition) is 0. The molecule has 0 saturated carbocycles. The summed E-state index contributed by atoms with van der Waals surface area (Å²) in [6.07, 6.45) is 6.96. The largest absolute Gasteiger partial charge is 0.300 e. The molecule has 13 heavy (non-hydrogen) atoms. The van der Waals surface area contributed by atoms with Crippen LogP contribution in [0.1, 0.15) is 52.9 Å². The highest BCUT2D eigenvalue weighted by Crippen LogP contribution is 2.22. The fourth-order valence-corrected chi connectivity index (χ4v) is 2.04. The standard InChI is InChI=1S/C12H25N/c1-4-6-12-8-10-13(12)9-7-11(3)5-2/h11-12H,4-10H2,1-3H3. The third-order valence-corrected chi connectivity index (χ3v) is 3.49. The van der Waals surface area contributed by atoms with Gasteiger partial charge in [-0.05, 0) is 38.3 Å². The molecule has 2 unspecified atom stereocenters. The van der Waals surface area contributed by atoms with Crippen LogP contribution in [-0.4, -0.2) is 24.0 Å². The van der Waals surface area contributed by atoms with Crippen LogP contribution in [0.2, 0.25) is 0 Å². The van der Waals surface area contributed by atoms with Crippen molar-refractivity contribution in [2.75, 3.05) is 13.1 Å². The van der Waals surface area contributed by atoms with Crippen molar-refractivity contribution in [3.8, 4) is 0 Å². The molecule has 1 aliphatic rings. The molecule has 1 heterocycles. The molecule has 78 valence electrons. The van der Waals surface area contributed by atoms with Gasteiger partial charge >= 0.3 is 0 Å². The quantitative estimate of drug-likeness (QED) is 0.611. The lowest BCUT2D eigenvalue weighted by molar-refractivity contribution is 0.0769. The van der Waals surface area contributed by atoms with E-state index in [2.05, 4.69) is 25.7 Å². The van der Waals surface area contributed by atoms with Gasteiger partial charge in [0.25, 0.3) is 0 Å². The predicted molar refractivity (Wildman–Crippen MR) is 59.0 cm³/mol. The summed E-state index contributed by atoms with van der Waals surface area (Å²) in [4.78, 5) is 2.68. The highest BCUT2D eigenvalue weighted by Gasteiger charge is 2.26. The molecule has 2 atom stereocenters. The SMILES string of the molecule is CCCC1CCN1CCC(C)CC. The lowest BCUT2D eigenvalue weighted by Gasteiger charge is -2.41. The normalized spacial score (nSPS) is 25.6. The monoisotopic (exact) mass is 183 g/mol. The van der Waals surface area contributed by atoms with Gasteiger partial charge in [0, 0.05) is 6.04 Å². The third kappa shape index (κ3) is 3.30. The summed E-state index contributed by atoms with van der Waals surface area (Å²) >= 11 is 0. The number of nitrogens with zero attached hydrogens (tertiary/aromatic N) is 1. The van der Waals surface area contributed by atoms with Gasteiger partial charge in [-0.15, -0.1) is 0 Å². The molecule has 0 aromatic carbocycles. The van der Waals surface area contributed by atoms with E-state index in [1.54, 1.807) is 0 Å². The second-order valence-corrected chi connectivity index (χ2v) is 4.57. The molecule has 1 heteroatoms. The molecule has 1 saturated heterocycles. The van der Waals surface area contributed by atoms with Crippen LogP contribution >= 0.6 is 0 Å². The second kappa shape index (κ2) is 5.64. The smallest absolute Gasteiger partial charge is 0.0107 e. The van der Waals surface area contributed by atoms with Gasteiger partial charge in [0.15, 0.2) is 0 Å². The Balaban J connectivity index is 2.08. The molecule has 0 aromatic rings. The molecule has 0 aliphatic carbocycles. The molecule has 0 amide bonds. The zero-order valence-corrected chi connectivity index (χ0v) is 9.55. The van der Waals surface area contributed by atoms with Gasteiger partial charge in [-0.1, -0.05) is 33.6 Å². The third-order valence-electron chi connectivity index (χ3n) is 3.49. The first-order valence-corrected chi connectivity index (χ1v) is 6.02. The van der Waals surface area contributed by atoms with Crippen LogP contribution in [0.5, 0.6) is 0 Å². The van der Waals surface area contributed by atoms with E-state index in [4.69, 9.17) is 0 Å². The summed E-state index contributed by atoms with van der Waals surface area (Å²) < 4.78 is 0. The summed E-state index contributed by atoms with van der Waals surface area (Å²) in [6.45, 7) is 9.67. The van der Waals surface area contributed by atoms with E-state index >= 15 is 0 Å². The Kier molecular flexibility index (Phi) is 4.79. The molecule has 1 rings (SSSR count). The van der Waals surface area contributed by atoms with Crippen molar-refractivity contribution in [1.82, 2.24) is 4.90 Å². The van der Waals surface area contributed by atoms with Gasteiger partial charge in [0.2, 0.25) is 0 Å². The van der Waals surface area contributed by atoms with Gasteiger partial charge in [-0.25, -0.2) is 0 Å². The minimum atomic E-state index is 0.919. The lowest BCUT2D eigenvalue weighted by atomic mass is 9.96. The van der Waals surface area contributed by atoms with Gasteiger partial charge in [-0.2, -0.15) is 0 Å². The van der Waals surface area contributed by atoms with E-state index in [0.717, 1.165) is 12.0 Å². The summed E-state index contributed by atoms with van der Waals surface area (Å²) in [5.74, 6) is 0.919. The average Bonchev–Trinajstić information content (AvgIpc) is 2.12. The molecular weight excluding hydrogens is 158 g/mol. The lowest BCUT2D eigenvalue weighted by Crippen LogP contribution is -2.48. The minimum absolute atomic E-state index is 0.919. The Morgan fingerprint density at radius 1 is 1.38 bits per heavy atom.